The van der Waals surface area contributed by atoms with Crippen LogP contribution in [0.3, 0.4) is 0 Å². The monoisotopic (exact) mass is 326 g/mol. The first kappa shape index (κ1) is 17.7. The molecule has 24 heavy (non-hydrogen) atoms. The summed E-state index contributed by atoms with van der Waals surface area (Å²) in [5, 5.41) is 2.87. The van der Waals surface area contributed by atoms with Crippen LogP contribution in [-0.4, -0.2) is 38.0 Å². The van der Waals surface area contributed by atoms with E-state index in [9.17, 15) is 9.59 Å². The summed E-state index contributed by atoms with van der Waals surface area (Å²) in [4.78, 5) is 25.6. The highest BCUT2D eigenvalue weighted by molar-refractivity contribution is 5.96. The molecule has 126 valence electrons. The highest BCUT2D eigenvalue weighted by Gasteiger charge is 2.08. The fourth-order valence-corrected chi connectivity index (χ4v) is 2.29. The number of carbonyl (C=O) groups is 2. The van der Waals surface area contributed by atoms with Crippen LogP contribution in [0.1, 0.15) is 31.8 Å². The Balaban J connectivity index is 1.91. The van der Waals surface area contributed by atoms with Gasteiger partial charge in [-0.05, 0) is 49.5 Å². The molecule has 0 fully saturated rings. The topological polar surface area (TPSA) is 58.6 Å². The van der Waals surface area contributed by atoms with Gasteiger partial charge >= 0.3 is 5.97 Å². The zero-order valence-corrected chi connectivity index (χ0v) is 14.2. The molecule has 0 saturated heterocycles. The molecule has 0 aliphatic rings. The second-order valence-corrected chi connectivity index (χ2v) is 5.81. The number of ether oxygens (including phenoxy) is 1. The molecule has 0 heterocycles. The first-order chi connectivity index (χ1) is 11.5. The van der Waals surface area contributed by atoms with Gasteiger partial charge in [-0.1, -0.05) is 24.3 Å². The summed E-state index contributed by atoms with van der Waals surface area (Å²) in [6.07, 6.45) is 0. The first-order valence-electron chi connectivity index (χ1n) is 7.68. The molecule has 0 atom stereocenters. The van der Waals surface area contributed by atoms with Gasteiger partial charge in [-0.3, -0.25) is 4.79 Å². The number of hydrogen-bond acceptors (Lipinski definition) is 4. The van der Waals surface area contributed by atoms with Crippen LogP contribution in [0.4, 0.5) is 0 Å². The Labute approximate surface area is 142 Å². The minimum absolute atomic E-state index is 0.177. The standard InChI is InChI=1S/C19H22N2O3/c1-21(2)13-15-6-4-14(5-7-15)12-20-18(22)16-8-10-17(11-9-16)19(23)24-3/h4-11H,12-13H2,1-3H3,(H,20,22). The second kappa shape index (κ2) is 8.26. The zero-order chi connectivity index (χ0) is 17.5. The first-order valence-corrected chi connectivity index (χ1v) is 7.68. The van der Waals surface area contributed by atoms with Gasteiger partial charge in [0.1, 0.15) is 0 Å². The molecule has 0 unspecified atom stereocenters. The van der Waals surface area contributed by atoms with Crippen molar-refractivity contribution in [3.63, 3.8) is 0 Å². The van der Waals surface area contributed by atoms with E-state index in [1.165, 1.54) is 12.7 Å². The lowest BCUT2D eigenvalue weighted by molar-refractivity contribution is 0.0600. The maximum Gasteiger partial charge on any atom is 0.337 e. The van der Waals surface area contributed by atoms with E-state index in [0.717, 1.165) is 12.1 Å². The Kier molecular flexibility index (Phi) is 6.09. The molecule has 0 spiro atoms. The Morgan fingerprint density at radius 3 is 2.00 bits per heavy atom. The number of nitrogens with one attached hydrogen (secondary N) is 1. The third kappa shape index (κ3) is 4.93. The molecule has 5 nitrogen and oxygen atoms in total. The number of methoxy groups -OCH3 is 1. The number of carbonyl (C=O) groups excluding carboxylic acids is 2. The van der Waals surface area contributed by atoms with E-state index in [4.69, 9.17) is 0 Å². The van der Waals surface area contributed by atoms with Crippen LogP contribution in [0.25, 0.3) is 0 Å². The van der Waals surface area contributed by atoms with Crippen LogP contribution in [0.2, 0.25) is 0 Å². The average molecular weight is 326 g/mol. The quantitative estimate of drug-likeness (QED) is 0.829. The summed E-state index contributed by atoms with van der Waals surface area (Å²) < 4.78 is 4.63. The minimum Gasteiger partial charge on any atom is -0.465 e. The molecule has 2 aromatic carbocycles. The van der Waals surface area contributed by atoms with Gasteiger partial charge in [-0.25, -0.2) is 4.79 Å². The predicted molar refractivity (Wildman–Crippen MR) is 92.8 cm³/mol. The summed E-state index contributed by atoms with van der Waals surface area (Å²) in [5.74, 6) is -0.594. The summed E-state index contributed by atoms with van der Waals surface area (Å²) in [6.45, 7) is 1.35. The van der Waals surface area contributed by atoms with Crippen molar-refractivity contribution >= 4 is 11.9 Å². The van der Waals surface area contributed by atoms with Crippen LogP contribution in [0.15, 0.2) is 48.5 Å². The van der Waals surface area contributed by atoms with Gasteiger partial charge in [-0.2, -0.15) is 0 Å². The number of esters is 1. The molecule has 0 aliphatic heterocycles. The number of rotatable bonds is 6. The SMILES string of the molecule is COC(=O)c1ccc(C(=O)NCc2ccc(CN(C)C)cc2)cc1. The Hall–Kier alpha value is -2.66. The molecule has 0 saturated carbocycles. The van der Waals surface area contributed by atoms with E-state index in [2.05, 4.69) is 27.1 Å². The maximum absolute atomic E-state index is 12.1. The summed E-state index contributed by atoms with van der Waals surface area (Å²) in [7, 11) is 5.38. The minimum atomic E-state index is -0.417. The summed E-state index contributed by atoms with van der Waals surface area (Å²) >= 11 is 0. The molecular formula is C19H22N2O3. The third-order valence-electron chi connectivity index (χ3n) is 3.54. The predicted octanol–water partition coefficient (Wildman–Crippen LogP) is 2.46. The van der Waals surface area contributed by atoms with E-state index < -0.39 is 5.97 Å². The van der Waals surface area contributed by atoms with Crippen molar-refractivity contribution < 1.29 is 14.3 Å². The molecule has 1 N–H and O–H groups in total. The molecule has 2 aromatic rings. The zero-order valence-electron chi connectivity index (χ0n) is 14.2. The second-order valence-electron chi connectivity index (χ2n) is 5.81. The molecule has 1 amide bonds. The number of hydrogen-bond donors (Lipinski definition) is 1. The van der Waals surface area contributed by atoms with E-state index in [-0.39, 0.29) is 5.91 Å². The number of nitrogens with zero attached hydrogens (tertiary/aromatic N) is 1. The highest BCUT2D eigenvalue weighted by atomic mass is 16.5. The highest BCUT2D eigenvalue weighted by Crippen LogP contribution is 2.08. The van der Waals surface area contributed by atoms with Crippen LogP contribution in [-0.2, 0) is 17.8 Å². The van der Waals surface area contributed by atoms with Crippen LogP contribution >= 0.6 is 0 Å². The van der Waals surface area contributed by atoms with Crippen molar-refractivity contribution in [3.8, 4) is 0 Å². The molecule has 5 heteroatoms. The van der Waals surface area contributed by atoms with Gasteiger partial charge in [0.2, 0.25) is 0 Å². The van der Waals surface area contributed by atoms with Crippen molar-refractivity contribution in [2.24, 2.45) is 0 Å². The van der Waals surface area contributed by atoms with E-state index in [1.807, 2.05) is 26.2 Å². The van der Waals surface area contributed by atoms with Gasteiger partial charge in [0.15, 0.2) is 0 Å². The van der Waals surface area contributed by atoms with Gasteiger partial charge in [0, 0.05) is 18.7 Å². The van der Waals surface area contributed by atoms with Crippen molar-refractivity contribution in [1.29, 1.82) is 0 Å². The average Bonchev–Trinajstić information content (AvgIpc) is 2.60. The smallest absolute Gasteiger partial charge is 0.337 e. The normalized spacial score (nSPS) is 10.5. The number of benzene rings is 2. The van der Waals surface area contributed by atoms with Gasteiger partial charge in [0.05, 0.1) is 12.7 Å². The lowest BCUT2D eigenvalue weighted by Crippen LogP contribution is -2.22. The summed E-state index contributed by atoms with van der Waals surface area (Å²) in [5.41, 5.74) is 3.20. The molecular weight excluding hydrogens is 304 g/mol. The molecule has 0 radical (unpaired) electrons. The number of amides is 1. The lowest BCUT2D eigenvalue weighted by atomic mass is 10.1. The van der Waals surface area contributed by atoms with Crippen molar-refractivity contribution in [2.45, 2.75) is 13.1 Å². The van der Waals surface area contributed by atoms with Crippen LogP contribution < -0.4 is 5.32 Å². The van der Waals surface area contributed by atoms with E-state index >= 15 is 0 Å². The molecule has 0 bridgehead atoms. The Morgan fingerprint density at radius 2 is 1.46 bits per heavy atom. The van der Waals surface area contributed by atoms with Crippen LogP contribution in [0.5, 0.6) is 0 Å². The fourth-order valence-electron chi connectivity index (χ4n) is 2.29. The molecule has 2 rings (SSSR count). The van der Waals surface area contributed by atoms with Crippen molar-refractivity contribution in [3.05, 3.63) is 70.8 Å². The van der Waals surface area contributed by atoms with E-state index in [1.54, 1.807) is 24.3 Å². The Morgan fingerprint density at radius 1 is 0.917 bits per heavy atom. The van der Waals surface area contributed by atoms with E-state index in [0.29, 0.717) is 17.7 Å². The maximum atomic E-state index is 12.1. The molecule has 0 aromatic heterocycles. The molecule has 0 aliphatic carbocycles. The van der Waals surface area contributed by atoms with Gasteiger partial charge < -0.3 is 15.0 Å². The van der Waals surface area contributed by atoms with Crippen molar-refractivity contribution in [1.82, 2.24) is 10.2 Å². The van der Waals surface area contributed by atoms with Crippen molar-refractivity contribution in [2.75, 3.05) is 21.2 Å². The van der Waals surface area contributed by atoms with Gasteiger partial charge in [-0.15, -0.1) is 0 Å². The summed E-state index contributed by atoms with van der Waals surface area (Å²) in [6, 6.07) is 14.5. The third-order valence-corrected chi connectivity index (χ3v) is 3.54. The largest absolute Gasteiger partial charge is 0.465 e. The lowest BCUT2D eigenvalue weighted by Gasteiger charge is -2.10. The van der Waals surface area contributed by atoms with Crippen LogP contribution in [0, 0.1) is 0 Å². The Bertz CT molecular complexity index is 692. The fraction of sp³-hybridized carbons (Fsp3) is 0.263. The van der Waals surface area contributed by atoms with Gasteiger partial charge in [0.25, 0.3) is 5.91 Å².